The predicted molar refractivity (Wildman–Crippen MR) is 79.5 cm³/mol. The fraction of sp³-hybridized carbons (Fsp3) is 0.375. The molecule has 110 valence electrons. The van der Waals surface area contributed by atoms with Crippen molar-refractivity contribution in [3.63, 3.8) is 0 Å². The molecular weight excluding hydrogens is 266 g/mol. The van der Waals surface area contributed by atoms with Gasteiger partial charge >= 0.3 is 0 Å². The number of nitrogens with two attached hydrogens (primary N) is 1. The average molecular weight is 285 g/mol. The summed E-state index contributed by atoms with van der Waals surface area (Å²) in [5.41, 5.74) is 7.36. The van der Waals surface area contributed by atoms with Gasteiger partial charge in [0.05, 0.1) is 5.69 Å². The molecule has 1 aromatic heterocycles. The molecule has 0 radical (unpaired) electrons. The van der Waals surface area contributed by atoms with Crippen molar-refractivity contribution in [1.82, 2.24) is 10.3 Å². The van der Waals surface area contributed by atoms with Crippen LogP contribution in [0.2, 0.25) is 0 Å². The Kier molecular flexibility index (Phi) is 4.01. The van der Waals surface area contributed by atoms with E-state index < -0.39 is 0 Å². The summed E-state index contributed by atoms with van der Waals surface area (Å²) in [6.07, 6.45) is 2.21. The monoisotopic (exact) mass is 285 g/mol. The zero-order chi connectivity index (χ0) is 14.7. The van der Waals surface area contributed by atoms with Crippen LogP contribution in [0.3, 0.4) is 0 Å². The smallest absolute Gasteiger partial charge is 0.226 e. The van der Waals surface area contributed by atoms with E-state index in [2.05, 4.69) is 10.3 Å². The number of benzene rings is 1. The highest BCUT2D eigenvalue weighted by Crippen LogP contribution is 2.29. The number of carbonyl (C=O) groups is 1. The SMILES string of the molecule is NCCNC(=O)C1CCc2nc(-c3ccccc3)oc2C1. The van der Waals surface area contributed by atoms with Crippen molar-refractivity contribution in [2.75, 3.05) is 13.1 Å². The second-order valence-corrected chi connectivity index (χ2v) is 5.27. The van der Waals surface area contributed by atoms with Gasteiger partial charge in [-0.1, -0.05) is 18.2 Å². The number of hydrogen-bond acceptors (Lipinski definition) is 4. The van der Waals surface area contributed by atoms with Gasteiger partial charge in [0.15, 0.2) is 0 Å². The summed E-state index contributed by atoms with van der Waals surface area (Å²) >= 11 is 0. The van der Waals surface area contributed by atoms with Crippen molar-refractivity contribution in [2.45, 2.75) is 19.3 Å². The van der Waals surface area contributed by atoms with E-state index in [1.54, 1.807) is 0 Å². The number of carbonyl (C=O) groups excluding carboxylic acids is 1. The van der Waals surface area contributed by atoms with Gasteiger partial charge in [0, 0.05) is 31.0 Å². The van der Waals surface area contributed by atoms with Gasteiger partial charge in [0.1, 0.15) is 5.76 Å². The average Bonchev–Trinajstić information content (AvgIpc) is 2.96. The van der Waals surface area contributed by atoms with Gasteiger partial charge in [-0.2, -0.15) is 0 Å². The number of fused-ring (bicyclic) bond motifs is 1. The lowest BCUT2D eigenvalue weighted by atomic mass is 9.90. The Labute approximate surface area is 123 Å². The van der Waals surface area contributed by atoms with Crippen LogP contribution >= 0.6 is 0 Å². The molecular formula is C16H19N3O2. The van der Waals surface area contributed by atoms with E-state index in [-0.39, 0.29) is 11.8 Å². The molecule has 0 bridgehead atoms. The van der Waals surface area contributed by atoms with Crippen LogP contribution in [0, 0.1) is 5.92 Å². The van der Waals surface area contributed by atoms with Crippen LogP contribution in [-0.2, 0) is 17.6 Å². The van der Waals surface area contributed by atoms with Crippen molar-refractivity contribution in [3.8, 4) is 11.5 Å². The Morgan fingerprint density at radius 1 is 1.38 bits per heavy atom. The second-order valence-electron chi connectivity index (χ2n) is 5.27. The van der Waals surface area contributed by atoms with Crippen molar-refractivity contribution < 1.29 is 9.21 Å². The van der Waals surface area contributed by atoms with Crippen LogP contribution in [0.25, 0.3) is 11.5 Å². The lowest BCUT2D eigenvalue weighted by molar-refractivity contribution is -0.125. The summed E-state index contributed by atoms with van der Waals surface area (Å²) in [5, 5.41) is 2.85. The molecule has 3 rings (SSSR count). The fourth-order valence-electron chi connectivity index (χ4n) is 2.64. The molecule has 1 unspecified atom stereocenters. The van der Waals surface area contributed by atoms with Gasteiger partial charge in [-0.25, -0.2) is 4.98 Å². The summed E-state index contributed by atoms with van der Waals surface area (Å²) in [4.78, 5) is 16.6. The molecule has 1 atom stereocenters. The van der Waals surface area contributed by atoms with E-state index >= 15 is 0 Å². The van der Waals surface area contributed by atoms with E-state index in [0.717, 1.165) is 29.9 Å². The molecule has 2 aromatic rings. The van der Waals surface area contributed by atoms with Crippen LogP contribution < -0.4 is 11.1 Å². The topological polar surface area (TPSA) is 81.1 Å². The van der Waals surface area contributed by atoms with E-state index in [1.165, 1.54) is 0 Å². The Morgan fingerprint density at radius 3 is 2.95 bits per heavy atom. The van der Waals surface area contributed by atoms with Crippen LogP contribution in [0.15, 0.2) is 34.7 Å². The maximum absolute atomic E-state index is 12.0. The largest absolute Gasteiger partial charge is 0.441 e. The number of aromatic nitrogens is 1. The van der Waals surface area contributed by atoms with E-state index in [9.17, 15) is 4.79 Å². The maximum atomic E-state index is 12.0. The number of oxazole rings is 1. The molecule has 0 spiro atoms. The molecule has 3 N–H and O–H groups in total. The molecule has 1 heterocycles. The first-order valence-electron chi connectivity index (χ1n) is 7.29. The van der Waals surface area contributed by atoms with Crippen LogP contribution in [0.5, 0.6) is 0 Å². The standard InChI is InChI=1S/C16H19N3O2/c17-8-9-18-15(20)12-6-7-13-14(10-12)21-16(19-13)11-4-2-1-3-5-11/h1-5,12H,6-10,17H2,(H,18,20). The second kappa shape index (κ2) is 6.10. The lowest BCUT2D eigenvalue weighted by Crippen LogP contribution is -2.36. The van der Waals surface area contributed by atoms with Crippen LogP contribution in [0.1, 0.15) is 17.9 Å². The Hall–Kier alpha value is -2.14. The van der Waals surface area contributed by atoms with Gasteiger partial charge < -0.3 is 15.5 Å². The highest BCUT2D eigenvalue weighted by atomic mass is 16.4. The molecule has 1 aliphatic rings. The molecule has 1 aromatic carbocycles. The minimum absolute atomic E-state index is 0.0411. The summed E-state index contributed by atoms with van der Waals surface area (Å²) in [7, 11) is 0. The minimum Gasteiger partial charge on any atom is -0.441 e. The van der Waals surface area contributed by atoms with Crippen molar-refractivity contribution in [3.05, 3.63) is 41.8 Å². The number of rotatable bonds is 4. The molecule has 1 aliphatic carbocycles. The molecule has 0 aliphatic heterocycles. The Morgan fingerprint density at radius 2 is 2.19 bits per heavy atom. The van der Waals surface area contributed by atoms with E-state index in [4.69, 9.17) is 10.2 Å². The number of nitrogens with zero attached hydrogens (tertiary/aromatic N) is 1. The molecule has 0 fully saturated rings. The fourth-order valence-corrected chi connectivity index (χ4v) is 2.64. The van der Waals surface area contributed by atoms with Crippen LogP contribution in [-0.4, -0.2) is 24.0 Å². The van der Waals surface area contributed by atoms with E-state index in [1.807, 2.05) is 30.3 Å². The zero-order valence-electron chi connectivity index (χ0n) is 11.8. The molecule has 21 heavy (non-hydrogen) atoms. The predicted octanol–water partition coefficient (Wildman–Crippen LogP) is 1.52. The Balaban J connectivity index is 1.75. The van der Waals surface area contributed by atoms with Crippen molar-refractivity contribution >= 4 is 5.91 Å². The summed E-state index contributed by atoms with van der Waals surface area (Å²) in [5.74, 6) is 1.50. The molecule has 0 saturated carbocycles. The first kappa shape index (κ1) is 13.8. The van der Waals surface area contributed by atoms with Gasteiger partial charge in [-0.15, -0.1) is 0 Å². The van der Waals surface area contributed by atoms with E-state index in [0.29, 0.717) is 25.4 Å². The number of amides is 1. The number of aryl methyl sites for hydroxylation is 1. The van der Waals surface area contributed by atoms with Gasteiger partial charge in [0.2, 0.25) is 11.8 Å². The minimum atomic E-state index is -0.0411. The van der Waals surface area contributed by atoms with Crippen molar-refractivity contribution in [2.24, 2.45) is 11.7 Å². The zero-order valence-corrected chi connectivity index (χ0v) is 11.8. The highest BCUT2D eigenvalue weighted by molar-refractivity contribution is 5.79. The summed E-state index contributed by atoms with van der Waals surface area (Å²) in [6.45, 7) is 0.984. The number of nitrogens with one attached hydrogen (secondary N) is 1. The quantitative estimate of drug-likeness (QED) is 0.892. The third-order valence-corrected chi connectivity index (χ3v) is 3.77. The Bertz CT molecular complexity index is 622. The number of hydrogen-bond donors (Lipinski definition) is 2. The summed E-state index contributed by atoms with van der Waals surface area (Å²) in [6, 6.07) is 9.83. The molecule has 1 amide bonds. The molecule has 0 saturated heterocycles. The maximum Gasteiger partial charge on any atom is 0.226 e. The van der Waals surface area contributed by atoms with Gasteiger partial charge in [-0.3, -0.25) is 4.79 Å². The normalized spacial score (nSPS) is 17.3. The first-order chi connectivity index (χ1) is 10.3. The van der Waals surface area contributed by atoms with Gasteiger partial charge in [-0.05, 0) is 25.0 Å². The third kappa shape index (κ3) is 2.97. The van der Waals surface area contributed by atoms with Crippen molar-refractivity contribution in [1.29, 1.82) is 0 Å². The first-order valence-corrected chi connectivity index (χ1v) is 7.29. The van der Waals surface area contributed by atoms with Gasteiger partial charge in [0.25, 0.3) is 0 Å². The summed E-state index contributed by atoms with van der Waals surface area (Å²) < 4.78 is 5.86. The third-order valence-electron chi connectivity index (χ3n) is 3.77. The molecule has 5 heteroatoms. The van der Waals surface area contributed by atoms with Crippen LogP contribution in [0.4, 0.5) is 0 Å². The molecule has 5 nitrogen and oxygen atoms in total. The lowest BCUT2D eigenvalue weighted by Gasteiger charge is -2.19. The highest BCUT2D eigenvalue weighted by Gasteiger charge is 2.28.